The number of sulfonamides is 1. The zero-order valence-corrected chi connectivity index (χ0v) is 16.2. The number of ether oxygens (including phenoxy) is 1. The first-order valence-corrected chi connectivity index (χ1v) is 10.5. The van der Waals surface area contributed by atoms with Gasteiger partial charge in [0.05, 0.1) is 17.0 Å². The normalized spacial score (nSPS) is 19.9. The number of carbonyl (C=O) groups is 1. The van der Waals surface area contributed by atoms with Gasteiger partial charge in [-0.05, 0) is 36.5 Å². The van der Waals surface area contributed by atoms with E-state index in [9.17, 15) is 13.2 Å². The summed E-state index contributed by atoms with van der Waals surface area (Å²) in [5.41, 5.74) is 6.70. The van der Waals surface area contributed by atoms with Crippen molar-refractivity contribution in [3.8, 4) is 0 Å². The first-order valence-electron chi connectivity index (χ1n) is 9.07. The monoisotopic (exact) mass is 383 g/mol. The van der Waals surface area contributed by atoms with Crippen LogP contribution >= 0.6 is 0 Å². The Bertz CT molecular complexity index is 685. The van der Waals surface area contributed by atoms with Crippen LogP contribution < -0.4 is 15.8 Å². The Kier molecular flexibility index (Phi) is 7.57. The molecular formula is C18H29N3O4S. The van der Waals surface area contributed by atoms with Gasteiger partial charge in [0, 0.05) is 19.7 Å². The molecule has 8 heteroatoms. The Morgan fingerprint density at radius 1 is 1.35 bits per heavy atom. The van der Waals surface area contributed by atoms with E-state index in [0.717, 1.165) is 24.8 Å². The van der Waals surface area contributed by atoms with Gasteiger partial charge in [-0.3, -0.25) is 4.79 Å². The van der Waals surface area contributed by atoms with Crippen LogP contribution in [-0.4, -0.2) is 39.6 Å². The molecule has 146 valence electrons. The number of amides is 1. The molecule has 1 heterocycles. The molecule has 1 amide bonds. The van der Waals surface area contributed by atoms with Crippen molar-refractivity contribution in [2.45, 2.75) is 56.7 Å². The van der Waals surface area contributed by atoms with Crippen LogP contribution in [0.25, 0.3) is 0 Å². The van der Waals surface area contributed by atoms with E-state index in [1.807, 2.05) is 13.8 Å². The third-order valence-corrected chi connectivity index (χ3v) is 6.22. The molecule has 1 aliphatic rings. The summed E-state index contributed by atoms with van der Waals surface area (Å²) in [6.45, 7) is 5.21. The highest BCUT2D eigenvalue weighted by molar-refractivity contribution is 7.89. The summed E-state index contributed by atoms with van der Waals surface area (Å²) in [6.07, 6.45) is 2.63. The maximum Gasteiger partial charge on any atom is 0.240 e. The van der Waals surface area contributed by atoms with Crippen LogP contribution in [0.1, 0.15) is 38.7 Å². The predicted octanol–water partition coefficient (Wildman–Crippen LogP) is 1.13. The van der Waals surface area contributed by atoms with Gasteiger partial charge in [-0.25, -0.2) is 13.1 Å². The molecule has 2 rings (SSSR count). The number of nitrogens with one attached hydrogen (secondary N) is 2. The molecule has 1 aliphatic heterocycles. The Morgan fingerprint density at radius 2 is 2.04 bits per heavy atom. The molecule has 3 atom stereocenters. The summed E-state index contributed by atoms with van der Waals surface area (Å²) in [6, 6.07) is 5.91. The summed E-state index contributed by atoms with van der Waals surface area (Å²) in [7, 11) is -3.56. The van der Waals surface area contributed by atoms with Crippen LogP contribution in [0.5, 0.6) is 0 Å². The maximum atomic E-state index is 12.3. The fourth-order valence-electron chi connectivity index (χ4n) is 2.70. The van der Waals surface area contributed by atoms with Crippen molar-refractivity contribution < 1.29 is 17.9 Å². The molecule has 3 unspecified atom stereocenters. The minimum Gasteiger partial charge on any atom is -0.377 e. The first kappa shape index (κ1) is 20.8. The van der Waals surface area contributed by atoms with E-state index < -0.39 is 16.1 Å². The molecule has 26 heavy (non-hydrogen) atoms. The Balaban J connectivity index is 1.87. The van der Waals surface area contributed by atoms with Gasteiger partial charge in [0.2, 0.25) is 15.9 Å². The summed E-state index contributed by atoms with van der Waals surface area (Å²) < 4.78 is 32.6. The van der Waals surface area contributed by atoms with Crippen molar-refractivity contribution in [2.24, 2.45) is 11.7 Å². The van der Waals surface area contributed by atoms with E-state index in [0.29, 0.717) is 13.2 Å². The highest BCUT2D eigenvalue weighted by atomic mass is 32.2. The maximum absolute atomic E-state index is 12.3. The van der Waals surface area contributed by atoms with Crippen LogP contribution in [-0.2, 0) is 26.1 Å². The smallest absolute Gasteiger partial charge is 0.240 e. The van der Waals surface area contributed by atoms with Crippen molar-refractivity contribution in [3.05, 3.63) is 29.8 Å². The van der Waals surface area contributed by atoms with Crippen molar-refractivity contribution in [1.29, 1.82) is 0 Å². The lowest BCUT2D eigenvalue weighted by Crippen LogP contribution is -2.44. The molecule has 0 radical (unpaired) electrons. The number of hydrogen-bond donors (Lipinski definition) is 3. The lowest BCUT2D eigenvalue weighted by Gasteiger charge is -2.17. The lowest BCUT2D eigenvalue weighted by molar-refractivity contribution is -0.123. The van der Waals surface area contributed by atoms with E-state index in [1.165, 1.54) is 12.1 Å². The zero-order chi connectivity index (χ0) is 19.2. The fourth-order valence-corrected chi connectivity index (χ4v) is 3.76. The van der Waals surface area contributed by atoms with Crippen molar-refractivity contribution in [3.63, 3.8) is 0 Å². The molecule has 1 fully saturated rings. The van der Waals surface area contributed by atoms with Crippen LogP contribution in [0, 0.1) is 5.92 Å². The van der Waals surface area contributed by atoms with Gasteiger partial charge in [0.15, 0.2) is 0 Å². The third-order valence-electron chi connectivity index (χ3n) is 4.79. The lowest BCUT2D eigenvalue weighted by atomic mass is 9.99. The Labute approximate surface area is 155 Å². The molecule has 0 aliphatic carbocycles. The van der Waals surface area contributed by atoms with Crippen molar-refractivity contribution in [2.75, 3.05) is 13.2 Å². The number of hydrogen-bond acceptors (Lipinski definition) is 5. The average Bonchev–Trinajstić information content (AvgIpc) is 3.17. The molecule has 1 aromatic carbocycles. The number of benzene rings is 1. The topological polar surface area (TPSA) is 111 Å². The highest BCUT2D eigenvalue weighted by Crippen LogP contribution is 2.14. The molecule has 1 aromatic rings. The van der Waals surface area contributed by atoms with Crippen LogP contribution in [0.3, 0.4) is 0 Å². The third kappa shape index (κ3) is 5.77. The largest absolute Gasteiger partial charge is 0.377 e. The van der Waals surface area contributed by atoms with Crippen LogP contribution in [0.2, 0.25) is 0 Å². The summed E-state index contributed by atoms with van der Waals surface area (Å²) in [4.78, 5) is 12.2. The quantitative estimate of drug-likeness (QED) is 0.592. The Hall–Kier alpha value is -1.48. The predicted molar refractivity (Wildman–Crippen MR) is 99.9 cm³/mol. The van der Waals surface area contributed by atoms with Crippen LogP contribution in [0.4, 0.5) is 0 Å². The van der Waals surface area contributed by atoms with E-state index in [1.54, 1.807) is 12.1 Å². The first-order chi connectivity index (χ1) is 12.3. The van der Waals surface area contributed by atoms with E-state index in [-0.39, 0.29) is 29.4 Å². The van der Waals surface area contributed by atoms with E-state index >= 15 is 0 Å². The Morgan fingerprint density at radius 3 is 2.62 bits per heavy atom. The summed E-state index contributed by atoms with van der Waals surface area (Å²) >= 11 is 0. The van der Waals surface area contributed by atoms with Crippen molar-refractivity contribution >= 4 is 15.9 Å². The van der Waals surface area contributed by atoms with Gasteiger partial charge >= 0.3 is 0 Å². The average molecular weight is 384 g/mol. The van der Waals surface area contributed by atoms with Gasteiger partial charge < -0.3 is 15.8 Å². The van der Waals surface area contributed by atoms with Crippen LogP contribution in [0.15, 0.2) is 29.2 Å². The van der Waals surface area contributed by atoms with Gasteiger partial charge in [0.1, 0.15) is 0 Å². The standard InChI is InChI=1S/C18H29N3O4S/c1-3-13(2)17(19)18(22)20-11-14-6-8-16(9-7-14)26(23,24)21-12-15-5-4-10-25-15/h6-9,13,15,17,21H,3-5,10-12,19H2,1-2H3,(H,20,22). The number of rotatable bonds is 9. The van der Waals surface area contributed by atoms with E-state index in [2.05, 4.69) is 10.0 Å². The summed E-state index contributed by atoms with van der Waals surface area (Å²) in [5, 5.41) is 2.79. The van der Waals surface area contributed by atoms with Crippen molar-refractivity contribution in [1.82, 2.24) is 10.0 Å². The zero-order valence-electron chi connectivity index (χ0n) is 15.4. The molecular weight excluding hydrogens is 354 g/mol. The molecule has 0 aromatic heterocycles. The molecule has 0 saturated carbocycles. The number of nitrogens with two attached hydrogens (primary N) is 1. The minimum absolute atomic E-state index is 0.0472. The molecule has 0 bridgehead atoms. The molecule has 7 nitrogen and oxygen atoms in total. The molecule has 0 spiro atoms. The van der Waals surface area contributed by atoms with Gasteiger partial charge in [-0.15, -0.1) is 0 Å². The van der Waals surface area contributed by atoms with E-state index in [4.69, 9.17) is 10.5 Å². The fraction of sp³-hybridized carbons (Fsp3) is 0.611. The molecule has 1 saturated heterocycles. The highest BCUT2D eigenvalue weighted by Gasteiger charge is 2.21. The van der Waals surface area contributed by atoms with Gasteiger partial charge in [-0.1, -0.05) is 32.4 Å². The minimum atomic E-state index is -3.56. The second-order valence-corrected chi connectivity index (χ2v) is 8.53. The summed E-state index contributed by atoms with van der Waals surface area (Å²) in [5.74, 6) is -0.0910. The second-order valence-electron chi connectivity index (χ2n) is 6.76. The van der Waals surface area contributed by atoms with Gasteiger partial charge in [0.25, 0.3) is 0 Å². The second kappa shape index (κ2) is 9.45. The van der Waals surface area contributed by atoms with Gasteiger partial charge in [-0.2, -0.15) is 0 Å². The SMILES string of the molecule is CCC(C)C(N)C(=O)NCc1ccc(S(=O)(=O)NCC2CCCO2)cc1. The number of carbonyl (C=O) groups excluding carboxylic acids is 1. The molecule has 4 N–H and O–H groups in total.